The smallest absolute Gasteiger partial charge is 0.154 e. The Morgan fingerprint density at radius 1 is 0.969 bits per heavy atom. The third kappa shape index (κ3) is 4.24. The Hall–Kier alpha value is -3.22. The van der Waals surface area contributed by atoms with Crippen LogP contribution in [0.15, 0.2) is 77.5 Å². The zero-order chi connectivity index (χ0) is 21.9. The zero-order valence-corrected chi connectivity index (χ0v) is 18.2. The molecule has 1 N–H and O–H groups in total. The minimum absolute atomic E-state index is 0.0434. The molecule has 1 saturated heterocycles. The van der Waals surface area contributed by atoms with E-state index in [1.807, 2.05) is 24.4 Å². The topological polar surface area (TPSA) is 48.3 Å². The maximum absolute atomic E-state index is 13.7. The van der Waals surface area contributed by atoms with Gasteiger partial charge in [0.15, 0.2) is 5.76 Å². The normalized spacial score (nSPS) is 16.7. The van der Waals surface area contributed by atoms with Crippen LogP contribution in [0.1, 0.15) is 23.6 Å². The summed E-state index contributed by atoms with van der Waals surface area (Å²) in [5, 5.41) is 7.57. The van der Waals surface area contributed by atoms with Gasteiger partial charge in [-0.25, -0.2) is 4.39 Å². The van der Waals surface area contributed by atoms with Gasteiger partial charge in [0.1, 0.15) is 11.5 Å². The highest BCUT2D eigenvalue weighted by Gasteiger charge is 2.28. The van der Waals surface area contributed by atoms with Crippen LogP contribution in [0.25, 0.3) is 22.6 Å². The molecule has 164 valence electrons. The molecule has 0 radical (unpaired) electrons. The second-order valence-corrected chi connectivity index (χ2v) is 8.39. The highest BCUT2D eigenvalue weighted by molar-refractivity contribution is 5.64. The van der Waals surface area contributed by atoms with Gasteiger partial charge in [-0.05, 0) is 61.0 Å². The van der Waals surface area contributed by atoms with Crippen molar-refractivity contribution < 1.29 is 8.81 Å². The number of rotatable bonds is 5. The molecule has 6 heteroatoms. The molecule has 1 aliphatic heterocycles. The fraction of sp³-hybridized carbons (Fsp3) is 0.269. The first kappa shape index (κ1) is 20.7. The highest BCUT2D eigenvalue weighted by Crippen LogP contribution is 2.36. The molecule has 0 bridgehead atoms. The van der Waals surface area contributed by atoms with Crippen LogP contribution in [0.4, 0.5) is 4.39 Å². The molecule has 3 heterocycles. The lowest BCUT2D eigenvalue weighted by Crippen LogP contribution is -2.33. The van der Waals surface area contributed by atoms with E-state index in [4.69, 9.17) is 4.42 Å². The maximum atomic E-state index is 13.7. The van der Waals surface area contributed by atoms with Crippen molar-refractivity contribution in [2.24, 2.45) is 0 Å². The number of furan rings is 1. The highest BCUT2D eigenvalue weighted by atomic mass is 19.1. The Bertz CT molecular complexity index is 1150. The Morgan fingerprint density at radius 2 is 1.84 bits per heavy atom. The molecular weight excluding hydrogens is 403 g/mol. The molecule has 4 aromatic rings. The van der Waals surface area contributed by atoms with Crippen molar-refractivity contribution in [2.75, 3.05) is 33.2 Å². The number of aromatic amines is 1. The van der Waals surface area contributed by atoms with Crippen molar-refractivity contribution in [3.05, 3.63) is 90.1 Å². The van der Waals surface area contributed by atoms with Gasteiger partial charge in [-0.15, -0.1) is 0 Å². The maximum Gasteiger partial charge on any atom is 0.154 e. The summed E-state index contributed by atoms with van der Waals surface area (Å²) in [6.45, 7) is 4.09. The van der Waals surface area contributed by atoms with E-state index < -0.39 is 0 Å². The number of likely N-dealkylation sites (N-methyl/N-ethyl adjacent to an activating group) is 1. The summed E-state index contributed by atoms with van der Waals surface area (Å²) in [4.78, 5) is 4.91. The minimum Gasteiger partial charge on any atom is -0.463 e. The van der Waals surface area contributed by atoms with E-state index >= 15 is 0 Å². The number of halogens is 1. The fourth-order valence-electron chi connectivity index (χ4n) is 4.56. The van der Waals surface area contributed by atoms with Crippen LogP contribution in [-0.4, -0.2) is 53.2 Å². The van der Waals surface area contributed by atoms with Gasteiger partial charge in [-0.1, -0.05) is 36.4 Å². The largest absolute Gasteiger partial charge is 0.463 e. The van der Waals surface area contributed by atoms with E-state index in [2.05, 4.69) is 51.3 Å². The van der Waals surface area contributed by atoms with E-state index in [-0.39, 0.29) is 11.9 Å². The van der Waals surface area contributed by atoms with Gasteiger partial charge in [0.05, 0.1) is 12.3 Å². The van der Waals surface area contributed by atoms with Gasteiger partial charge in [0.25, 0.3) is 0 Å². The van der Waals surface area contributed by atoms with Crippen molar-refractivity contribution in [2.45, 2.75) is 12.5 Å². The van der Waals surface area contributed by atoms with Gasteiger partial charge in [-0.3, -0.25) is 10.00 Å². The number of benzene rings is 2. The molecule has 2 aromatic carbocycles. The van der Waals surface area contributed by atoms with Crippen molar-refractivity contribution in [3.63, 3.8) is 0 Å². The third-order valence-electron chi connectivity index (χ3n) is 6.22. The van der Waals surface area contributed by atoms with Crippen molar-refractivity contribution in [3.8, 4) is 22.6 Å². The van der Waals surface area contributed by atoms with E-state index in [0.29, 0.717) is 0 Å². The van der Waals surface area contributed by atoms with E-state index in [0.717, 1.165) is 60.7 Å². The quantitative estimate of drug-likeness (QED) is 0.473. The first-order valence-electron chi connectivity index (χ1n) is 11.0. The third-order valence-corrected chi connectivity index (χ3v) is 6.22. The van der Waals surface area contributed by atoms with Crippen LogP contribution in [-0.2, 0) is 0 Å². The number of H-pyrrole nitrogens is 1. The molecule has 2 aromatic heterocycles. The van der Waals surface area contributed by atoms with E-state index in [9.17, 15) is 4.39 Å². The monoisotopic (exact) mass is 430 g/mol. The SMILES string of the molecule is CN1CCCN(C(c2ccc(-c3cccc(F)c3)cc2)c2c[nH]nc2-c2ccco2)CC1. The molecule has 1 unspecified atom stereocenters. The molecule has 32 heavy (non-hydrogen) atoms. The summed E-state index contributed by atoms with van der Waals surface area (Å²) < 4.78 is 19.4. The number of hydrogen-bond donors (Lipinski definition) is 1. The molecule has 1 atom stereocenters. The summed E-state index contributed by atoms with van der Waals surface area (Å²) in [7, 11) is 2.18. The molecule has 1 aliphatic rings. The van der Waals surface area contributed by atoms with Gasteiger partial charge in [0, 0.05) is 31.4 Å². The molecule has 5 nitrogen and oxygen atoms in total. The first-order valence-corrected chi connectivity index (χ1v) is 11.0. The second-order valence-electron chi connectivity index (χ2n) is 8.39. The number of nitrogens with zero attached hydrogens (tertiary/aromatic N) is 3. The van der Waals surface area contributed by atoms with Gasteiger partial charge < -0.3 is 9.32 Å². The van der Waals surface area contributed by atoms with Gasteiger partial charge >= 0.3 is 0 Å². The molecule has 0 saturated carbocycles. The number of aromatic nitrogens is 2. The summed E-state index contributed by atoms with van der Waals surface area (Å²) in [6, 6.07) is 19.1. The summed E-state index contributed by atoms with van der Waals surface area (Å²) in [6.07, 6.45) is 4.78. The molecule has 0 spiro atoms. The van der Waals surface area contributed by atoms with Crippen molar-refractivity contribution in [1.29, 1.82) is 0 Å². The Balaban J connectivity index is 1.54. The predicted octanol–water partition coefficient (Wildman–Crippen LogP) is 5.20. The second kappa shape index (κ2) is 9.10. The van der Waals surface area contributed by atoms with Crippen LogP contribution in [0, 0.1) is 5.82 Å². The lowest BCUT2D eigenvalue weighted by atomic mass is 9.94. The van der Waals surface area contributed by atoms with E-state index in [1.165, 1.54) is 11.6 Å². The average Bonchev–Trinajstić information content (AvgIpc) is 3.46. The Morgan fingerprint density at radius 3 is 2.62 bits per heavy atom. The lowest BCUT2D eigenvalue weighted by Gasteiger charge is -2.31. The van der Waals surface area contributed by atoms with Crippen LogP contribution in [0.3, 0.4) is 0 Å². The molecule has 5 rings (SSSR count). The Labute approximate surface area is 187 Å². The molecule has 0 amide bonds. The summed E-state index contributed by atoms with van der Waals surface area (Å²) >= 11 is 0. The predicted molar refractivity (Wildman–Crippen MR) is 124 cm³/mol. The number of hydrogen-bond acceptors (Lipinski definition) is 4. The number of nitrogens with one attached hydrogen (secondary N) is 1. The van der Waals surface area contributed by atoms with Gasteiger partial charge in [0.2, 0.25) is 0 Å². The van der Waals surface area contributed by atoms with Crippen LogP contribution >= 0.6 is 0 Å². The van der Waals surface area contributed by atoms with E-state index in [1.54, 1.807) is 18.4 Å². The Kier molecular flexibility index (Phi) is 5.88. The standard InChI is InChI=1S/C26H27FN4O/c1-30-12-4-13-31(15-14-30)26(23-18-28-29-25(23)24-7-3-16-32-24)20-10-8-19(9-11-20)21-5-2-6-22(27)17-21/h2-3,5-11,16-18,26H,4,12-15H2,1H3,(H,28,29). The fourth-order valence-corrected chi connectivity index (χ4v) is 4.56. The molecule has 0 aliphatic carbocycles. The van der Waals surface area contributed by atoms with Crippen molar-refractivity contribution in [1.82, 2.24) is 20.0 Å². The lowest BCUT2D eigenvalue weighted by molar-refractivity contribution is 0.231. The van der Waals surface area contributed by atoms with Crippen LogP contribution in [0.5, 0.6) is 0 Å². The van der Waals surface area contributed by atoms with Gasteiger partial charge in [-0.2, -0.15) is 5.10 Å². The van der Waals surface area contributed by atoms with Crippen LogP contribution < -0.4 is 0 Å². The molecule has 1 fully saturated rings. The summed E-state index contributed by atoms with van der Waals surface area (Å²) in [5.74, 6) is 0.536. The average molecular weight is 431 g/mol. The first-order chi connectivity index (χ1) is 15.7. The zero-order valence-electron chi connectivity index (χ0n) is 18.2. The minimum atomic E-state index is -0.223. The molecular formula is C26H27FN4O. The summed E-state index contributed by atoms with van der Waals surface area (Å²) in [5.41, 5.74) is 5.00. The van der Waals surface area contributed by atoms with Crippen LogP contribution in [0.2, 0.25) is 0 Å². The van der Waals surface area contributed by atoms with Crippen molar-refractivity contribution >= 4 is 0 Å².